The molecule has 1 atom stereocenters. The summed E-state index contributed by atoms with van der Waals surface area (Å²) in [5, 5.41) is 3.28. The summed E-state index contributed by atoms with van der Waals surface area (Å²) in [6.07, 6.45) is 1.77. The number of rotatable bonds is 3. The van der Waals surface area contributed by atoms with E-state index in [0.717, 1.165) is 32.5 Å². The number of ketones is 1. The quantitative estimate of drug-likeness (QED) is 0.759. The van der Waals surface area contributed by atoms with Crippen molar-refractivity contribution in [3.63, 3.8) is 0 Å². The smallest absolute Gasteiger partial charge is 0.325 e. The van der Waals surface area contributed by atoms with E-state index in [9.17, 15) is 9.59 Å². The number of hydrogen-bond donors (Lipinski definition) is 1. The molecule has 0 bridgehead atoms. The van der Waals surface area contributed by atoms with E-state index in [1.54, 1.807) is 6.92 Å². The third-order valence-corrected chi connectivity index (χ3v) is 4.60. The second-order valence-electron chi connectivity index (χ2n) is 6.08. The number of ether oxygens (including phenoxy) is 1. The summed E-state index contributed by atoms with van der Waals surface area (Å²) < 4.78 is 5.11. The van der Waals surface area contributed by atoms with Crippen LogP contribution in [0, 0.1) is 5.41 Å². The zero-order valence-electron chi connectivity index (χ0n) is 12.1. The summed E-state index contributed by atoms with van der Waals surface area (Å²) in [6.45, 7) is 8.69. The Labute approximate surface area is 114 Å². The highest BCUT2D eigenvalue weighted by Gasteiger charge is 2.48. The van der Waals surface area contributed by atoms with Gasteiger partial charge >= 0.3 is 5.97 Å². The van der Waals surface area contributed by atoms with Gasteiger partial charge in [0, 0.05) is 18.5 Å². The number of hydrogen-bond acceptors (Lipinski definition) is 5. The zero-order chi connectivity index (χ0) is 14.1. The van der Waals surface area contributed by atoms with Crippen LogP contribution in [0.25, 0.3) is 0 Å². The van der Waals surface area contributed by atoms with E-state index in [2.05, 4.69) is 5.32 Å². The van der Waals surface area contributed by atoms with Crippen LogP contribution in [0.15, 0.2) is 0 Å². The first-order chi connectivity index (χ1) is 8.92. The summed E-state index contributed by atoms with van der Waals surface area (Å²) in [7, 11) is 0. The summed E-state index contributed by atoms with van der Waals surface area (Å²) >= 11 is 0. The van der Waals surface area contributed by atoms with E-state index < -0.39 is 5.54 Å². The highest BCUT2D eigenvalue weighted by molar-refractivity contribution is 5.89. The third-order valence-electron chi connectivity index (χ3n) is 4.60. The minimum absolute atomic E-state index is 0.179. The van der Waals surface area contributed by atoms with Gasteiger partial charge in [0.25, 0.3) is 0 Å². The summed E-state index contributed by atoms with van der Waals surface area (Å²) in [6, 6.07) is 0. The van der Waals surface area contributed by atoms with Crippen LogP contribution in [0.4, 0.5) is 0 Å². The number of likely N-dealkylation sites (tertiary alicyclic amines) is 1. The fourth-order valence-corrected chi connectivity index (χ4v) is 3.02. The molecule has 2 aliphatic rings. The van der Waals surface area contributed by atoms with Gasteiger partial charge in [-0.1, -0.05) is 0 Å². The van der Waals surface area contributed by atoms with Gasteiger partial charge in [-0.3, -0.25) is 14.5 Å². The number of Topliss-reactive ketones (excluding diaryl/α,β-unsaturated/α-hetero) is 1. The van der Waals surface area contributed by atoms with E-state index >= 15 is 0 Å². The van der Waals surface area contributed by atoms with Gasteiger partial charge in [-0.15, -0.1) is 0 Å². The average Bonchev–Trinajstić information content (AvgIpc) is 2.83. The van der Waals surface area contributed by atoms with Crippen molar-refractivity contribution in [1.29, 1.82) is 0 Å². The topological polar surface area (TPSA) is 58.6 Å². The van der Waals surface area contributed by atoms with Crippen LogP contribution in [0.2, 0.25) is 0 Å². The summed E-state index contributed by atoms with van der Waals surface area (Å²) in [5.74, 6) is 0.0180. The lowest BCUT2D eigenvalue weighted by Crippen LogP contribution is -2.59. The Kier molecular flexibility index (Phi) is 3.97. The van der Waals surface area contributed by atoms with E-state index in [-0.39, 0.29) is 17.2 Å². The summed E-state index contributed by atoms with van der Waals surface area (Å²) in [4.78, 5) is 26.4. The lowest BCUT2D eigenvalue weighted by Gasteiger charge is -2.43. The number of nitrogens with one attached hydrogen (secondary N) is 1. The van der Waals surface area contributed by atoms with Gasteiger partial charge in [-0.25, -0.2) is 0 Å². The molecule has 0 aromatic carbocycles. The van der Waals surface area contributed by atoms with Gasteiger partial charge in [0.05, 0.1) is 13.2 Å². The third kappa shape index (κ3) is 2.54. The van der Waals surface area contributed by atoms with Crippen LogP contribution in [-0.2, 0) is 14.3 Å². The minimum atomic E-state index is -0.723. The van der Waals surface area contributed by atoms with Gasteiger partial charge in [-0.05, 0) is 40.2 Å². The van der Waals surface area contributed by atoms with Crippen molar-refractivity contribution < 1.29 is 14.3 Å². The SMILES string of the molecule is CCOC(=O)C(C)(C)N1CCC2(CCNC2)C(=O)C1. The predicted octanol–water partition coefficient (Wildman–Crippen LogP) is 0.583. The molecule has 5 heteroatoms. The van der Waals surface area contributed by atoms with E-state index in [1.807, 2.05) is 18.7 Å². The van der Waals surface area contributed by atoms with Crippen LogP contribution in [0.5, 0.6) is 0 Å². The van der Waals surface area contributed by atoms with E-state index in [1.165, 1.54) is 0 Å². The highest BCUT2D eigenvalue weighted by atomic mass is 16.5. The molecule has 2 rings (SSSR count). The van der Waals surface area contributed by atoms with Crippen molar-refractivity contribution in [1.82, 2.24) is 10.2 Å². The van der Waals surface area contributed by atoms with Crippen LogP contribution in [0.3, 0.4) is 0 Å². The molecule has 2 heterocycles. The maximum absolute atomic E-state index is 12.4. The van der Waals surface area contributed by atoms with Crippen molar-refractivity contribution in [2.45, 2.75) is 39.2 Å². The molecular weight excluding hydrogens is 244 g/mol. The molecule has 5 nitrogen and oxygen atoms in total. The van der Waals surface area contributed by atoms with Crippen molar-refractivity contribution in [2.75, 3.05) is 32.8 Å². The highest BCUT2D eigenvalue weighted by Crippen LogP contribution is 2.36. The first kappa shape index (κ1) is 14.5. The zero-order valence-corrected chi connectivity index (χ0v) is 12.1. The molecule has 0 aromatic rings. The molecule has 19 heavy (non-hydrogen) atoms. The molecule has 1 spiro atoms. The first-order valence-electron chi connectivity index (χ1n) is 7.09. The van der Waals surface area contributed by atoms with Crippen molar-refractivity contribution in [2.24, 2.45) is 5.41 Å². The normalized spacial score (nSPS) is 28.9. The number of esters is 1. The number of piperidine rings is 1. The van der Waals surface area contributed by atoms with Gasteiger partial charge in [0.2, 0.25) is 0 Å². The molecule has 0 aliphatic carbocycles. The molecule has 0 radical (unpaired) electrons. The molecule has 2 saturated heterocycles. The molecule has 108 valence electrons. The average molecular weight is 268 g/mol. The largest absolute Gasteiger partial charge is 0.465 e. The van der Waals surface area contributed by atoms with Crippen LogP contribution >= 0.6 is 0 Å². The fourth-order valence-electron chi connectivity index (χ4n) is 3.02. The van der Waals surface area contributed by atoms with Crippen LogP contribution in [0.1, 0.15) is 33.6 Å². The minimum Gasteiger partial charge on any atom is -0.465 e. The van der Waals surface area contributed by atoms with Crippen molar-refractivity contribution >= 4 is 11.8 Å². The van der Waals surface area contributed by atoms with Gasteiger partial charge in [0.15, 0.2) is 5.78 Å². The molecule has 1 N–H and O–H groups in total. The first-order valence-corrected chi connectivity index (χ1v) is 7.09. The van der Waals surface area contributed by atoms with Crippen molar-refractivity contribution in [3.8, 4) is 0 Å². The number of nitrogens with zero attached hydrogens (tertiary/aromatic N) is 1. The second kappa shape index (κ2) is 5.21. The predicted molar refractivity (Wildman–Crippen MR) is 71.8 cm³/mol. The maximum atomic E-state index is 12.4. The molecule has 0 aromatic heterocycles. The van der Waals surface area contributed by atoms with Gasteiger partial charge < -0.3 is 10.1 Å². The number of carbonyl (C=O) groups is 2. The van der Waals surface area contributed by atoms with Crippen LogP contribution < -0.4 is 5.32 Å². The van der Waals surface area contributed by atoms with Gasteiger partial charge in [0.1, 0.15) is 5.54 Å². The Bertz CT molecular complexity index is 373. The Morgan fingerprint density at radius 3 is 2.74 bits per heavy atom. The van der Waals surface area contributed by atoms with Gasteiger partial charge in [-0.2, -0.15) is 0 Å². The number of carbonyl (C=O) groups excluding carboxylic acids is 2. The van der Waals surface area contributed by atoms with Crippen LogP contribution in [-0.4, -0.2) is 55.0 Å². The Morgan fingerprint density at radius 2 is 2.21 bits per heavy atom. The maximum Gasteiger partial charge on any atom is 0.325 e. The standard InChI is InChI=1S/C14H24N2O3/c1-4-19-12(18)13(2,3)16-8-6-14(11(17)9-16)5-7-15-10-14/h15H,4-10H2,1-3H3. The molecule has 2 aliphatic heterocycles. The lowest BCUT2D eigenvalue weighted by molar-refractivity contribution is -0.159. The molecule has 2 fully saturated rings. The second-order valence-corrected chi connectivity index (χ2v) is 6.08. The molecule has 0 amide bonds. The molecular formula is C14H24N2O3. The Morgan fingerprint density at radius 1 is 1.47 bits per heavy atom. The molecule has 0 saturated carbocycles. The van der Waals surface area contributed by atoms with E-state index in [4.69, 9.17) is 4.74 Å². The van der Waals surface area contributed by atoms with E-state index in [0.29, 0.717) is 13.2 Å². The Balaban J connectivity index is 2.05. The fraction of sp³-hybridized carbons (Fsp3) is 0.857. The molecule has 1 unspecified atom stereocenters. The monoisotopic (exact) mass is 268 g/mol. The lowest BCUT2D eigenvalue weighted by atomic mass is 9.75. The summed E-state index contributed by atoms with van der Waals surface area (Å²) in [5.41, 5.74) is -0.902. The Hall–Kier alpha value is -0.940. The van der Waals surface area contributed by atoms with Crippen molar-refractivity contribution in [3.05, 3.63) is 0 Å².